The summed E-state index contributed by atoms with van der Waals surface area (Å²) in [5, 5.41) is 5.59. The third-order valence-electron chi connectivity index (χ3n) is 3.02. The Kier molecular flexibility index (Phi) is 3.65. The van der Waals surface area contributed by atoms with Gasteiger partial charge >= 0.3 is 0 Å². The van der Waals surface area contributed by atoms with Gasteiger partial charge in [-0.1, -0.05) is 22.0 Å². The molecule has 0 bridgehead atoms. The molecule has 0 radical (unpaired) electrons. The maximum Gasteiger partial charge on any atom is 0.274 e. The predicted molar refractivity (Wildman–Crippen MR) is 88.4 cm³/mol. The van der Waals surface area contributed by atoms with Gasteiger partial charge in [-0.15, -0.1) is 0 Å². The molecule has 0 aliphatic carbocycles. The van der Waals surface area contributed by atoms with E-state index in [4.69, 9.17) is 16.6 Å². The van der Waals surface area contributed by atoms with E-state index in [1.165, 1.54) is 5.56 Å². The van der Waals surface area contributed by atoms with Crippen molar-refractivity contribution in [3.63, 3.8) is 0 Å². The molecule has 0 atom stereocenters. The lowest BCUT2D eigenvalue weighted by atomic mass is 10.1. The van der Waals surface area contributed by atoms with Crippen LogP contribution >= 0.6 is 28.1 Å². The van der Waals surface area contributed by atoms with Crippen molar-refractivity contribution < 1.29 is 9.21 Å². The maximum absolute atomic E-state index is 11.6. The normalized spacial score (nSPS) is 16.2. The number of carbonyl (C=O) groups is 1. The van der Waals surface area contributed by atoms with Crippen molar-refractivity contribution in [2.24, 2.45) is 0 Å². The lowest BCUT2D eigenvalue weighted by molar-refractivity contribution is -0.115. The molecule has 0 unspecified atom stereocenters. The lowest BCUT2D eigenvalue weighted by Gasteiger charge is -2.02. The average Bonchev–Trinajstić information content (AvgIpc) is 2.97. The van der Waals surface area contributed by atoms with Gasteiger partial charge in [0.1, 0.15) is 17.2 Å². The van der Waals surface area contributed by atoms with Crippen LogP contribution in [-0.4, -0.2) is 11.0 Å². The molecule has 0 spiro atoms. The van der Waals surface area contributed by atoms with Crippen LogP contribution in [0, 0.1) is 6.92 Å². The highest BCUT2D eigenvalue weighted by atomic mass is 79.9. The smallest absolute Gasteiger partial charge is 0.274 e. The van der Waals surface area contributed by atoms with Crippen molar-refractivity contribution >= 4 is 45.2 Å². The molecule has 1 aromatic heterocycles. The molecule has 1 aliphatic rings. The first-order valence-electron chi connectivity index (χ1n) is 6.23. The van der Waals surface area contributed by atoms with E-state index < -0.39 is 0 Å². The standard InChI is InChI=1S/C15H11BrN2O2S/c1-8-2-4-10(11(16)6-8)13-5-3-9(20-13)7-12-14(19)18-15(21)17-12/h2-7H,1H3,(H2,17,18,19,21). The molecule has 1 aliphatic heterocycles. The number of furan rings is 1. The van der Waals surface area contributed by atoms with Crippen molar-refractivity contribution in [1.82, 2.24) is 10.6 Å². The van der Waals surface area contributed by atoms with Gasteiger partial charge in [-0.3, -0.25) is 10.1 Å². The first kappa shape index (κ1) is 14.0. The number of aryl methyl sites for hydroxylation is 1. The molecular weight excluding hydrogens is 352 g/mol. The van der Waals surface area contributed by atoms with Gasteiger partial charge in [-0.05, 0) is 49.0 Å². The summed E-state index contributed by atoms with van der Waals surface area (Å²) in [5.74, 6) is 1.06. The molecule has 0 saturated carbocycles. The van der Waals surface area contributed by atoms with E-state index in [0.717, 1.165) is 15.8 Å². The number of thiocarbonyl (C=S) groups is 1. The highest BCUT2D eigenvalue weighted by Crippen LogP contribution is 2.31. The number of benzene rings is 1. The molecule has 6 heteroatoms. The number of nitrogens with one attached hydrogen (secondary N) is 2. The molecule has 2 aromatic rings. The maximum atomic E-state index is 11.6. The number of rotatable bonds is 2. The van der Waals surface area contributed by atoms with Crippen LogP contribution in [0.2, 0.25) is 0 Å². The molecule has 3 rings (SSSR count). The van der Waals surface area contributed by atoms with Crippen LogP contribution in [0.15, 0.2) is 44.9 Å². The van der Waals surface area contributed by atoms with Gasteiger partial charge in [0.15, 0.2) is 5.11 Å². The zero-order valence-electron chi connectivity index (χ0n) is 11.1. The van der Waals surface area contributed by atoms with Crippen molar-refractivity contribution in [3.05, 3.63) is 51.8 Å². The van der Waals surface area contributed by atoms with Gasteiger partial charge in [0, 0.05) is 16.1 Å². The van der Waals surface area contributed by atoms with Gasteiger partial charge in [-0.25, -0.2) is 0 Å². The lowest BCUT2D eigenvalue weighted by Crippen LogP contribution is -2.21. The van der Waals surface area contributed by atoms with Crippen molar-refractivity contribution in [2.75, 3.05) is 0 Å². The Bertz CT molecular complexity index is 780. The number of amides is 1. The minimum Gasteiger partial charge on any atom is -0.457 e. The first-order valence-corrected chi connectivity index (χ1v) is 7.43. The summed E-state index contributed by atoms with van der Waals surface area (Å²) < 4.78 is 6.73. The Morgan fingerprint density at radius 1 is 1.24 bits per heavy atom. The van der Waals surface area contributed by atoms with Gasteiger partial charge in [0.05, 0.1) is 0 Å². The van der Waals surface area contributed by atoms with Crippen molar-refractivity contribution in [1.29, 1.82) is 0 Å². The first-order chi connectivity index (χ1) is 10.0. The summed E-state index contributed by atoms with van der Waals surface area (Å²) in [6, 6.07) is 9.72. The minimum atomic E-state index is -0.255. The Labute approximate surface area is 135 Å². The number of hydrogen-bond donors (Lipinski definition) is 2. The van der Waals surface area contributed by atoms with Crippen molar-refractivity contribution in [2.45, 2.75) is 6.92 Å². The summed E-state index contributed by atoms with van der Waals surface area (Å²) in [6.07, 6.45) is 1.63. The minimum absolute atomic E-state index is 0.255. The van der Waals surface area contributed by atoms with Crippen LogP contribution in [0.25, 0.3) is 17.4 Å². The van der Waals surface area contributed by atoms with E-state index >= 15 is 0 Å². The third kappa shape index (κ3) is 2.91. The summed E-state index contributed by atoms with van der Waals surface area (Å²) >= 11 is 8.41. The van der Waals surface area contributed by atoms with E-state index in [9.17, 15) is 4.79 Å². The summed E-state index contributed by atoms with van der Waals surface area (Å²) in [7, 11) is 0. The summed E-state index contributed by atoms with van der Waals surface area (Å²) in [6.45, 7) is 2.03. The zero-order valence-corrected chi connectivity index (χ0v) is 13.5. The van der Waals surface area contributed by atoms with Gasteiger partial charge in [0.2, 0.25) is 0 Å². The van der Waals surface area contributed by atoms with Gasteiger partial charge in [0.25, 0.3) is 5.91 Å². The second-order valence-electron chi connectivity index (χ2n) is 4.65. The quantitative estimate of drug-likeness (QED) is 0.635. The Morgan fingerprint density at radius 3 is 2.71 bits per heavy atom. The molecule has 1 fully saturated rings. The predicted octanol–water partition coefficient (Wildman–Crippen LogP) is 3.36. The highest BCUT2D eigenvalue weighted by Gasteiger charge is 2.20. The van der Waals surface area contributed by atoms with E-state index in [2.05, 4.69) is 26.6 Å². The second kappa shape index (κ2) is 5.46. The SMILES string of the molecule is Cc1ccc(-c2ccc(C=C3NC(=S)NC3=O)o2)c(Br)c1. The van der Waals surface area contributed by atoms with E-state index in [-0.39, 0.29) is 5.91 Å². The van der Waals surface area contributed by atoms with E-state index in [1.807, 2.05) is 37.3 Å². The average molecular weight is 363 g/mol. The van der Waals surface area contributed by atoms with E-state index in [1.54, 1.807) is 6.08 Å². The highest BCUT2D eigenvalue weighted by molar-refractivity contribution is 9.10. The van der Waals surface area contributed by atoms with Crippen LogP contribution in [-0.2, 0) is 4.79 Å². The summed E-state index contributed by atoms with van der Waals surface area (Å²) in [4.78, 5) is 11.6. The molecule has 2 heterocycles. The topological polar surface area (TPSA) is 54.3 Å². The van der Waals surface area contributed by atoms with Crippen LogP contribution in [0.5, 0.6) is 0 Å². The van der Waals surface area contributed by atoms with Gasteiger partial charge < -0.3 is 9.73 Å². The number of hydrogen-bond acceptors (Lipinski definition) is 3. The molecule has 1 saturated heterocycles. The van der Waals surface area contributed by atoms with Gasteiger partial charge in [-0.2, -0.15) is 0 Å². The molecule has 21 heavy (non-hydrogen) atoms. The molecule has 1 amide bonds. The fourth-order valence-electron chi connectivity index (χ4n) is 2.02. The Morgan fingerprint density at radius 2 is 2.05 bits per heavy atom. The van der Waals surface area contributed by atoms with Crippen LogP contribution in [0.3, 0.4) is 0 Å². The monoisotopic (exact) mass is 362 g/mol. The molecule has 106 valence electrons. The van der Waals surface area contributed by atoms with Crippen LogP contribution < -0.4 is 10.6 Å². The van der Waals surface area contributed by atoms with E-state index in [0.29, 0.717) is 16.6 Å². The Hall–Kier alpha value is -1.92. The zero-order chi connectivity index (χ0) is 15.0. The fourth-order valence-corrected chi connectivity index (χ4v) is 2.91. The van der Waals surface area contributed by atoms with Crippen molar-refractivity contribution in [3.8, 4) is 11.3 Å². The largest absolute Gasteiger partial charge is 0.457 e. The third-order valence-corrected chi connectivity index (χ3v) is 3.88. The molecule has 2 N–H and O–H groups in total. The second-order valence-corrected chi connectivity index (χ2v) is 5.91. The summed E-state index contributed by atoms with van der Waals surface area (Å²) in [5.41, 5.74) is 2.51. The Balaban J connectivity index is 1.92. The molecular formula is C15H11BrN2O2S. The van der Waals surface area contributed by atoms with Crippen LogP contribution in [0.4, 0.5) is 0 Å². The van der Waals surface area contributed by atoms with Crippen LogP contribution in [0.1, 0.15) is 11.3 Å². The number of halogens is 1. The molecule has 1 aromatic carbocycles. The number of carbonyl (C=O) groups excluding carboxylic acids is 1. The fraction of sp³-hybridized carbons (Fsp3) is 0.0667. The molecule has 4 nitrogen and oxygen atoms in total.